The van der Waals surface area contributed by atoms with Crippen molar-refractivity contribution in [3.63, 3.8) is 0 Å². The summed E-state index contributed by atoms with van der Waals surface area (Å²) in [5.74, 6) is 2.51. The van der Waals surface area contributed by atoms with Crippen LogP contribution in [0.2, 0.25) is 0 Å². The van der Waals surface area contributed by atoms with Crippen LogP contribution in [0.15, 0.2) is 48.5 Å². The molecule has 1 aromatic heterocycles. The quantitative estimate of drug-likeness (QED) is 0.420. The van der Waals surface area contributed by atoms with Crippen molar-refractivity contribution in [1.82, 2.24) is 4.98 Å². The van der Waals surface area contributed by atoms with E-state index in [-0.39, 0.29) is 24.7 Å². The number of hydrogen-bond donors (Lipinski definition) is 2. The van der Waals surface area contributed by atoms with Gasteiger partial charge in [0.1, 0.15) is 11.6 Å². The van der Waals surface area contributed by atoms with E-state index in [9.17, 15) is 9.59 Å². The summed E-state index contributed by atoms with van der Waals surface area (Å²) in [5, 5.41) is 6.76. The molecule has 2 atom stereocenters. The van der Waals surface area contributed by atoms with Crippen LogP contribution in [0.25, 0.3) is 10.9 Å². The van der Waals surface area contributed by atoms with Gasteiger partial charge in [-0.1, -0.05) is 26.0 Å². The van der Waals surface area contributed by atoms with Crippen LogP contribution < -0.4 is 20.3 Å². The van der Waals surface area contributed by atoms with E-state index in [1.807, 2.05) is 37.3 Å². The molecule has 1 fully saturated rings. The normalized spacial score (nSPS) is 17.6. The van der Waals surface area contributed by atoms with Gasteiger partial charge in [-0.3, -0.25) is 9.59 Å². The number of anilines is 3. The number of aryl methyl sites for hydroxylation is 1. The Labute approximate surface area is 213 Å². The molecular weight excluding hydrogens is 452 g/mol. The van der Waals surface area contributed by atoms with Crippen molar-refractivity contribution < 1.29 is 14.3 Å². The SMILES string of the molecule is CCOc1ccccc1NC(=O)CCC(=O)Nc1ccc2nc(N3C[C@H](C)C[C@@H](C)C3)cc(C)c2c1. The lowest BCUT2D eigenvalue weighted by Crippen LogP contribution is -2.39. The number of ether oxygens (including phenoxy) is 1. The number of piperidine rings is 1. The zero-order valence-corrected chi connectivity index (χ0v) is 21.6. The second-order valence-electron chi connectivity index (χ2n) is 9.91. The summed E-state index contributed by atoms with van der Waals surface area (Å²) in [6, 6.07) is 15.2. The number of nitrogens with one attached hydrogen (secondary N) is 2. The van der Waals surface area contributed by atoms with Crippen molar-refractivity contribution in [3.8, 4) is 5.75 Å². The fourth-order valence-corrected chi connectivity index (χ4v) is 4.98. The van der Waals surface area contributed by atoms with E-state index in [0.29, 0.717) is 35.6 Å². The van der Waals surface area contributed by atoms with Gasteiger partial charge in [-0.15, -0.1) is 0 Å². The second kappa shape index (κ2) is 11.4. The Balaban J connectivity index is 1.37. The first-order chi connectivity index (χ1) is 17.3. The summed E-state index contributed by atoms with van der Waals surface area (Å²) in [7, 11) is 0. The maximum Gasteiger partial charge on any atom is 0.224 e. The third kappa shape index (κ3) is 6.33. The van der Waals surface area contributed by atoms with Gasteiger partial charge < -0.3 is 20.3 Å². The number of pyridine rings is 1. The molecule has 4 rings (SSSR count). The van der Waals surface area contributed by atoms with Crippen LogP contribution in [0.3, 0.4) is 0 Å². The molecule has 0 unspecified atom stereocenters. The summed E-state index contributed by atoms with van der Waals surface area (Å²) in [4.78, 5) is 32.2. The number of amides is 2. The molecule has 0 saturated carbocycles. The molecule has 3 aromatic rings. The fraction of sp³-hybridized carbons (Fsp3) is 0.414. The molecule has 7 nitrogen and oxygen atoms in total. The van der Waals surface area contributed by atoms with Gasteiger partial charge in [0.05, 0.1) is 17.8 Å². The Morgan fingerprint density at radius 1 is 1.00 bits per heavy atom. The minimum Gasteiger partial charge on any atom is -0.492 e. The van der Waals surface area contributed by atoms with Crippen LogP contribution in [-0.4, -0.2) is 36.5 Å². The molecule has 0 aliphatic carbocycles. The van der Waals surface area contributed by atoms with Gasteiger partial charge in [0.25, 0.3) is 0 Å². The molecule has 0 bridgehead atoms. The lowest BCUT2D eigenvalue weighted by atomic mass is 9.92. The van der Waals surface area contributed by atoms with E-state index in [1.54, 1.807) is 12.1 Å². The van der Waals surface area contributed by atoms with Crippen LogP contribution >= 0.6 is 0 Å². The molecule has 1 saturated heterocycles. The number of aromatic nitrogens is 1. The Hall–Kier alpha value is -3.61. The predicted octanol–water partition coefficient (Wildman–Crippen LogP) is 5.78. The Kier molecular flexibility index (Phi) is 8.08. The Morgan fingerprint density at radius 2 is 1.69 bits per heavy atom. The molecule has 2 heterocycles. The molecule has 36 heavy (non-hydrogen) atoms. The van der Waals surface area contributed by atoms with Crippen molar-refractivity contribution >= 4 is 39.9 Å². The molecule has 2 aromatic carbocycles. The molecule has 2 amide bonds. The van der Waals surface area contributed by atoms with Crippen molar-refractivity contribution in [1.29, 1.82) is 0 Å². The highest BCUT2D eigenvalue weighted by molar-refractivity contribution is 5.98. The smallest absolute Gasteiger partial charge is 0.224 e. The van der Waals surface area contributed by atoms with Gasteiger partial charge in [0.15, 0.2) is 0 Å². The van der Waals surface area contributed by atoms with E-state index in [0.717, 1.165) is 35.4 Å². The number of carbonyl (C=O) groups is 2. The highest BCUT2D eigenvalue weighted by atomic mass is 16.5. The van der Waals surface area contributed by atoms with E-state index in [1.165, 1.54) is 6.42 Å². The number of benzene rings is 2. The van der Waals surface area contributed by atoms with Crippen molar-refractivity contribution in [2.45, 2.75) is 47.0 Å². The zero-order chi connectivity index (χ0) is 25.7. The fourth-order valence-electron chi connectivity index (χ4n) is 4.98. The van der Waals surface area contributed by atoms with Crippen molar-refractivity contribution in [2.24, 2.45) is 11.8 Å². The number of carbonyl (C=O) groups excluding carboxylic acids is 2. The Morgan fingerprint density at radius 3 is 2.42 bits per heavy atom. The average molecular weight is 489 g/mol. The summed E-state index contributed by atoms with van der Waals surface area (Å²) >= 11 is 0. The van der Waals surface area contributed by atoms with E-state index in [2.05, 4.69) is 42.4 Å². The standard InChI is InChI=1S/C29H36N4O3/c1-5-36-26-9-7-6-8-25(26)32-29(35)13-12-28(34)30-22-10-11-24-23(16-22)21(4)15-27(31-24)33-17-19(2)14-20(3)18-33/h6-11,15-16,19-20H,5,12-14,17-18H2,1-4H3,(H,30,34)(H,32,35)/t19-,20-/m1/s1. The largest absolute Gasteiger partial charge is 0.492 e. The van der Waals surface area contributed by atoms with Gasteiger partial charge in [0.2, 0.25) is 11.8 Å². The maximum absolute atomic E-state index is 12.5. The molecule has 0 spiro atoms. The number of nitrogens with zero attached hydrogens (tertiary/aromatic N) is 2. The minimum absolute atomic E-state index is 0.0799. The van der Waals surface area contributed by atoms with Gasteiger partial charge in [0, 0.05) is 37.0 Å². The van der Waals surface area contributed by atoms with Crippen LogP contribution in [0.4, 0.5) is 17.2 Å². The van der Waals surface area contributed by atoms with Crippen molar-refractivity contribution in [3.05, 3.63) is 54.1 Å². The Bertz CT molecular complexity index is 1230. The summed E-state index contributed by atoms with van der Waals surface area (Å²) in [6.07, 6.45) is 1.42. The molecule has 7 heteroatoms. The van der Waals surface area contributed by atoms with E-state index < -0.39 is 0 Å². The highest BCUT2D eigenvalue weighted by Gasteiger charge is 2.23. The number of para-hydroxylation sites is 2. The minimum atomic E-state index is -0.232. The predicted molar refractivity (Wildman–Crippen MR) is 146 cm³/mol. The summed E-state index contributed by atoms with van der Waals surface area (Å²) in [5.41, 5.74) is 3.35. The summed E-state index contributed by atoms with van der Waals surface area (Å²) in [6.45, 7) is 11.1. The average Bonchev–Trinajstić information content (AvgIpc) is 2.84. The van der Waals surface area contributed by atoms with Gasteiger partial charge in [-0.2, -0.15) is 0 Å². The van der Waals surface area contributed by atoms with E-state index >= 15 is 0 Å². The molecule has 190 valence electrons. The molecule has 0 radical (unpaired) electrons. The first-order valence-corrected chi connectivity index (χ1v) is 12.8. The molecule has 1 aliphatic heterocycles. The van der Waals surface area contributed by atoms with Gasteiger partial charge in [-0.25, -0.2) is 4.98 Å². The number of fused-ring (bicyclic) bond motifs is 1. The number of rotatable bonds is 8. The lowest BCUT2D eigenvalue weighted by molar-refractivity contribution is -0.121. The molecular formula is C29H36N4O3. The van der Waals surface area contributed by atoms with Crippen LogP contribution in [0, 0.1) is 18.8 Å². The van der Waals surface area contributed by atoms with Crippen LogP contribution in [0.5, 0.6) is 5.75 Å². The first-order valence-electron chi connectivity index (χ1n) is 12.8. The number of hydrogen-bond acceptors (Lipinski definition) is 5. The van der Waals surface area contributed by atoms with E-state index in [4.69, 9.17) is 9.72 Å². The van der Waals surface area contributed by atoms with Gasteiger partial charge >= 0.3 is 0 Å². The van der Waals surface area contributed by atoms with Crippen LogP contribution in [-0.2, 0) is 9.59 Å². The first kappa shape index (κ1) is 25.5. The second-order valence-corrected chi connectivity index (χ2v) is 9.91. The third-order valence-electron chi connectivity index (χ3n) is 6.52. The zero-order valence-electron chi connectivity index (χ0n) is 21.6. The monoisotopic (exact) mass is 488 g/mol. The highest BCUT2D eigenvalue weighted by Crippen LogP contribution is 2.29. The van der Waals surface area contributed by atoms with Gasteiger partial charge in [-0.05, 0) is 74.1 Å². The molecule has 2 N–H and O–H groups in total. The lowest BCUT2D eigenvalue weighted by Gasteiger charge is -2.36. The molecule has 1 aliphatic rings. The summed E-state index contributed by atoms with van der Waals surface area (Å²) < 4.78 is 5.54. The third-order valence-corrected chi connectivity index (χ3v) is 6.52. The maximum atomic E-state index is 12.5. The van der Waals surface area contributed by atoms with Crippen LogP contribution in [0.1, 0.15) is 45.6 Å². The van der Waals surface area contributed by atoms with Crippen molar-refractivity contribution in [2.75, 3.05) is 35.2 Å². The topological polar surface area (TPSA) is 83.6 Å².